The van der Waals surface area contributed by atoms with Crippen molar-refractivity contribution in [1.82, 2.24) is 14.6 Å². The number of aromatic nitrogens is 3. The van der Waals surface area contributed by atoms with Gasteiger partial charge < -0.3 is 0 Å². The summed E-state index contributed by atoms with van der Waals surface area (Å²) in [5.74, 6) is 0.714. The number of hydrogen-bond acceptors (Lipinski definition) is 2. The number of halogens is 1. The number of H-pyrrole nitrogens is 1. The molecule has 2 heterocycles. The summed E-state index contributed by atoms with van der Waals surface area (Å²) < 4.78 is 1.42. The number of hydrogen-bond donors (Lipinski definition) is 1. The number of pyridine rings is 1. The summed E-state index contributed by atoms with van der Waals surface area (Å²) in [5, 5.41) is 3.67. The molecule has 0 bridgehead atoms. The van der Waals surface area contributed by atoms with Crippen LogP contribution in [0.1, 0.15) is 11.4 Å². The topological polar surface area (TPSA) is 50.2 Å². The Bertz CT molecular complexity index is 760. The highest BCUT2D eigenvalue weighted by Gasteiger charge is 2.06. The standard InChI is InChI=1S/C13H10ClN3O/c14-10-5-2-1-4-9(10)8-11-15-12-6-3-7-13(18)17(12)16-11/h1-7H,8H2,(H,15,16). The van der Waals surface area contributed by atoms with Gasteiger partial charge in [0.1, 0.15) is 5.82 Å². The summed E-state index contributed by atoms with van der Waals surface area (Å²) in [6.07, 6.45) is 0.570. The molecule has 0 aliphatic rings. The summed E-state index contributed by atoms with van der Waals surface area (Å²) >= 11 is 6.09. The van der Waals surface area contributed by atoms with E-state index in [2.05, 4.69) is 10.1 Å². The lowest BCUT2D eigenvalue weighted by atomic mass is 10.1. The fraction of sp³-hybridized carbons (Fsp3) is 0.0769. The number of benzene rings is 1. The molecule has 18 heavy (non-hydrogen) atoms. The van der Waals surface area contributed by atoms with E-state index in [1.807, 2.05) is 24.3 Å². The van der Waals surface area contributed by atoms with E-state index in [0.29, 0.717) is 22.9 Å². The Kier molecular flexibility index (Phi) is 2.64. The van der Waals surface area contributed by atoms with Crippen molar-refractivity contribution < 1.29 is 0 Å². The van der Waals surface area contributed by atoms with Gasteiger partial charge in [0.15, 0.2) is 5.65 Å². The van der Waals surface area contributed by atoms with Crippen LogP contribution in [0.15, 0.2) is 47.3 Å². The second-order valence-electron chi connectivity index (χ2n) is 4.00. The third-order valence-corrected chi connectivity index (χ3v) is 3.11. The van der Waals surface area contributed by atoms with E-state index in [9.17, 15) is 4.79 Å². The van der Waals surface area contributed by atoms with Crippen LogP contribution >= 0.6 is 11.6 Å². The summed E-state index contributed by atoms with van der Waals surface area (Å²) in [6.45, 7) is 0. The van der Waals surface area contributed by atoms with Gasteiger partial charge in [0.05, 0.1) is 0 Å². The van der Waals surface area contributed by atoms with Gasteiger partial charge in [-0.1, -0.05) is 35.9 Å². The molecule has 0 aliphatic heterocycles. The third kappa shape index (κ3) is 1.91. The zero-order valence-corrected chi connectivity index (χ0v) is 10.2. The molecule has 4 nitrogen and oxygen atoms in total. The predicted molar refractivity (Wildman–Crippen MR) is 70.1 cm³/mol. The van der Waals surface area contributed by atoms with E-state index in [0.717, 1.165) is 5.56 Å². The molecule has 5 heteroatoms. The Morgan fingerprint density at radius 1 is 1.17 bits per heavy atom. The fourth-order valence-electron chi connectivity index (χ4n) is 1.87. The first-order valence-corrected chi connectivity index (χ1v) is 5.92. The first-order valence-electron chi connectivity index (χ1n) is 5.54. The molecule has 0 saturated carbocycles. The molecule has 2 aromatic heterocycles. The van der Waals surface area contributed by atoms with Crippen molar-refractivity contribution in [2.75, 3.05) is 0 Å². The van der Waals surface area contributed by atoms with Crippen molar-refractivity contribution in [1.29, 1.82) is 0 Å². The molecule has 1 aromatic carbocycles. The molecule has 0 spiro atoms. The smallest absolute Gasteiger partial charge is 0.271 e. The molecule has 90 valence electrons. The molecule has 0 atom stereocenters. The Balaban J connectivity index is 2.04. The Morgan fingerprint density at radius 2 is 2.00 bits per heavy atom. The van der Waals surface area contributed by atoms with Gasteiger partial charge in [-0.3, -0.25) is 9.89 Å². The van der Waals surface area contributed by atoms with Gasteiger partial charge in [-0.05, 0) is 17.7 Å². The number of aromatic amines is 1. The number of nitrogens with zero attached hydrogens (tertiary/aromatic N) is 2. The minimum absolute atomic E-state index is 0.120. The largest absolute Gasteiger partial charge is 0.276 e. The molecule has 0 aliphatic carbocycles. The van der Waals surface area contributed by atoms with Gasteiger partial charge in [-0.25, -0.2) is 9.50 Å². The maximum atomic E-state index is 11.6. The monoisotopic (exact) mass is 259 g/mol. The van der Waals surface area contributed by atoms with Crippen LogP contribution < -0.4 is 5.56 Å². The van der Waals surface area contributed by atoms with Crippen LogP contribution in [-0.4, -0.2) is 14.6 Å². The molecule has 0 saturated heterocycles. The van der Waals surface area contributed by atoms with Crippen molar-refractivity contribution in [2.45, 2.75) is 6.42 Å². The van der Waals surface area contributed by atoms with E-state index in [1.54, 1.807) is 12.1 Å². The highest BCUT2D eigenvalue weighted by atomic mass is 35.5. The quantitative estimate of drug-likeness (QED) is 0.768. The highest BCUT2D eigenvalue weighted by Crippen LogP contribution is 2.17. The first kappa shape index (κ1) is 11.0. The average molecular weight is 260 g/mol. The molecule has 3 rings (SSSR count). The van der Waals surface area contributed by atoms with Gasteiger partial charge in [0, 0.05) is 17.5 Å². The second-order valence-corrected chi connectivity index (χ2v) is 4.40. The van der Waals surface area contributed by atoms with E-state index in [-0.39, 0.29) is 5.56 Å². The maximum Gasteiger partial charge on any atom is 0.271 e. The lowest BCUT2D eigenvalue weighted by Crippen LogP contribution is -2.11. The average Bonchev–Trinajstić information content (AvgIpc) is 2.76. The van der Waals surface area contributed by atoms with Gasteiger partial charge >= 0.3 is 0 Å². The van der Waals surface area contributed by atoms with Crippen LogP contribution in [-0.2, 0) is 6.42 Å². The van der Waals surface area contributed by atoms with E-state index in [1.165, 1.54) is 10.6 Å². The third-order valence-electron chi connectivity index (χ3n) is 2.74. The van der Waals surface area contributed by atoms with Crippen molar-refractivity contribution in [3.05, 3.63) is 69.2 Å². The molecule has 0 unspecified atom stereocenters. The van der Waals surface area contributed by atoms with Crippen LogP contribution in [0.2, 0.25) is 5.02 Å². The molecule has 0 amide bonds. The van der Waals surface area contributed by atoms with Gasteiger partial charge in [0.25, 0.3) is 5.56 Å². The van der Waals surface area contributed by atoms with Crippen LogP contribution in [0.5, 0.6) is 0 Å². The normalized spacial score (nSPS) is 10.9. The summed E-state index contributed by atoms with van der Waals surface area (Å²) in [5.41, 5.74) is 1.47. The van der Waals surface area contributed by atoms with Crippen molar-refractivity contribution in [3.8, 4) is 0 Å². The zero-order chi connectivity index (χ0) is 12.5. The maximum absolute atomic E-state index is 11.6. The number of nitrogens with one attached hydrogen (secondary N) is 1. The van der Waals surface area contributed by atoms with Crippen LogP contribution in [0.3, 0.4) is 0 Å². The van der Waals surface area contributed by atoms with Crippen molar-refractivity contribution in [2.24, 2.45) is 0 Å². The summed E-state index contributed by atoms with van der Waals surface area (Å²) in [6, 6.07) is 12.6. The van der Waals surface area contributed by atoms with Crippen LogP contribution in [0.4, 0.5) is 0 Å². The molecule has 0 fully saturated rings. The summed E-state index contributed by atoms with van der Waals surface area (Å²) in [4.78, 5) is 15.9. The highest BCUT2D eigenvalue weighted by molar-refractivity contribution is 6.31. The van der Waals surface area contributed by atoms with Crippen LogP contribution in [0, 0.1) is 0 Å². The zero-order valence-electron chi connectivity index (χ0n) is 9.43. The molecule has 0 radical (unpaired) electrons. The van der Waals surface area contributed by atoms with Gasteiger partial charge in [-0.2, -0.15) is 0 Å². The lowest BCUT2D eigenvalue weighted by molar-refractivity contribution is 0.873. The summed E-state index contributed by atoms with van der Waals surface area (Å²) in [7, 11) is 0. The van der Waals surface area contributed by atoms with Crippen molar-refractivity contribution >= 4 is 17.2 Å². The minimum Gasteiger partial charge on any atom is -0.276 e. The minimum atomic E-state index is -0.120. The molecule has 3 aromatic rings. The Morgan fingerprint density at radius 3 is 2.78 bits per heavy atom. The Hall–Kier alpha value is -2.07. The molecule has 1 N–H and O–H groups in total. The number of fused-ring (bicyclic) bond motifs is 1. The van der Waals surface area contributed by atoms with E-state index in [4.69, 9.17) is 11.6 Å². The van der Waals surface area contributed by atoms with Crippen molar-refractivity contribution in [3.63, 3.8) is 0 Å². The first-order chi connectivity index (χ1) is 8.74. The lowest BCUT2D eigenvalue weighted by Gasteiger charge is -2.00. The molecular weight excluding hydrogens is 250 g/mol. The van der Waals surface area contributed by atoms with E-state index < -0.39 is 0 Å². The molecular formula is C13H10ClN3O. The van der Waals surface area contributed by atoms with Gasteiger partial charge in [-0.15, -0.1) is 0 Å². The SMILES string of the molecule is O=c1cccc2nc(Cc3ccccc3Cl)[nH]n12. The van der Waals surface area contributed by atoms with Crippen LogP contribution in [0.25, 0.3) is 5.65 Å². The second kappa shape index (κ2) is 4.31. The van der Waals surface area contributed by atoms with E-state index >= 15 is 0 Å². The predicted octanol–water partition coefficient (Wildman–Crippen LogP) is 2.27. The number of rotatable bonds is 2. The van der Waals surface area contributed by atoms with Gasteiger partial charge in [0.2, 0.25) is 0 Å². The fourth-order valence-corrected chi connectivity index (χ4v) is 2.07. The Labute approximate surface area is 108 Å².